The summed E-state index contributed by atoms with van der Waals surface area (Å²) < 4.78 is 40.2. The lowest BCUT2D eigenvalue weighted by molar-refractivity contribution is 0.0955. The minimum atomic E-state index is -3.53. The van der Waals surface area contributed by atoms with E-state index in [0.717, 1.165) is 23.4 Å². The maximum absolute atomic E-state index is 13.8. The molecule has 7 nitrogen and oxygen atoms in total. The SMILES string of the molecule is O=C(NN=C1CCS(=O)(=O)c2ccc(F)cc21)c1cn(-c2ccccc2)nc1-c1ccccc1. The Bertz CT molecular complexity index is 1510. The molecule has 1 N–H and O–H groups in total. The van der Waals surface area contributed by atoms with Crippen molar-refractivity contribution < 1.29 is 17.6 Å². The largest absolute Gasteiger partial charge is 0.275 e. The molecule has 0 spiro atoms. The molecule has 2 heterocycles. The number of hydrogen-bond acceptors (Lipinski definition) is 5. The van der Waals surface area contributed by atoms with Gasteiger partial charge in [0, 0.05) is 23.7 Å². The van der Waals surface area contributed by atoms with Crippen LogP contribution in [-0.4, -0.2) is 35.6 Å². The number of sulfone groups is 1. The summed E-state index contributed by atoms with van der Waals surface area (Å²) in [5.41, 5.74) is 5.28. The van der Waals surface area contributed by atoms with E-state index in [1.807, 2.05) is 60.7 Å². The number of amides is 1. The lowest BCUT2D eigenvalue weighted by Crippen LogP contribution is -2.26. The van der Waals surface area contributed by atoms with Crippen molar-refractivity contribution in [3.05, 3.63) is 102 Å². The molecule has 9 heteroatoms. The lowest BCUT2D eigenvalue weighted by atomic mass is 10.1. The van der Waals surface area contributed by atoms with Gasteiger partial charge in [0.25, 0.3) is 5.91 Å². The summed E-state index contributed by atoms with van der Waals surface area (Å²) in [7, 11) is -3.53. The van der Waals surface area contributed by atoms with Crippen LogP contribution in [0, 0.1) is 5.82 Å². The van der Waals surface area contributed by atoms with Gasteiger partial charge >= 0.3 is 0 Å². The molecule has 0 fully saturated rings. The second-order valence-electron chi connectivity index (χ2n) is 7.75. The first kappa shape index (κ1) is 21.7. The van der Waals surface area contributed by atoms with Crippen LogP contribution in [0.25, 0.3) is 16.9 Å². The number of benzene rings is 3. The van der Waals surface area contributed by atoms with E-state index in [0.29, 0.717) is 17.0 Å². The number of aromatic nitrogens is 2. The number of hydrazone groups is 1. The summed E-state index contributed by atoms with van der Waals surface area (Å²) in [6.45, 7) is 0. The summed E-state index contributed by atoms with van der Waals surface area (Å²) in [5, 5.41) is 8.78. The molecule has 1 aliphatic heterocycles. The molecule has 5 rings (SSSR count). The van der Waals surface area contributed by atoms with Gasteiger partial charge in [-0.3, -0.25) is 4.79 Å². The summed E-state index contributed by atoms with van der Waals surface area (Å²) >= 11 is 0. The molecule has 4 aromatic rings. The number of carbonyl (C=O) groups excluding carboxylic acids is 1. The highest BCUT2D eigenvalue weighted by molar-refractivity contribution is 7.91. The predicted octanol–water partition coefficient (Wildman–Crippen LogP) is 3.99. The third-order valence-electron chi connectivity index (χ3n) is 5.51. The molecule has 0 radical (unpaired) electrons. The third-order valence-corrected chi connectivity index (χ3v) is 7.28. The van der Waals surface area contributed by atoms with Crippen LogP contribution in [0.2, 0.25) is 0 Å². The Balaban J connectivity index is 1.52. The Morgan fingerprint density at radius 2 is 1.71 bits per heavy atom. The van der Waals surface area contributed by atoms with Gasteiger partial charge in [-0.05, 0) is 30.3 Å². The quantitative estimate of drug-likeness (QED) is 0.358. The van der Waals surface area contributed by atoms with Crippen LogP contribution in [0.3, 0.4) is 0 Å². The van der Waals surface area contributed by atoms with Crippen LogP contribution < -0.4 is 5.43 Å². The Labute approximate surface area is 195 Å². The standard InChI is InChI=1S/C25H19FN4O3S/c26-18-11-12-23-20(15-18)22(13-14-34(23,32)33)27-28-25(31)21-16-30(19-9-5-2-6-10-19)29-24(21)17-7-3-1-4-8-17/h1-12,15-16H,13-14H2,(H,28,31). The van der Waals surface area contributed by atoms with Gasteiger partial charge < -0.3 is 0 Å². The fourth-order valence-corrected chi connectivity index (χ4v) is 5.30. The Hall–Kier alpha value is -4.11. The minimum Gasteiger partial charge on any atom is -0.267 e. The molecule has 0 atom stereocenters. The van der Waals surface area contributed by atoms with Gasteiger partial charge in [-0.2, -0.15) is 10.2 Å². The molecule has 1 aromatic heterocycles. The van der Waals surface area contributed by atoms with E-state index in [-0.39, 0.29) is 22.6 Å². The number of rotatable bonds is 4. The predicted molar refractivity (Wildman–Crippen MR) is 126 cm³/mol. The first-order valence-electron chi connectivity index (χ1n) is 10.5. The van der Waals surface area contributed by atoms with E-state index in [4.69, 9.17) is 0 Å². The van der Waals surface area contributed by atoms with E-state index >= 15 is 0 Å². The highest BCUT2D eigenvalue weighted by Gasteiger charge is 2.28. The summed E-state index contributed by atoms with van der Waals surface area (Å²) in [4.78, 5) is 13.2. The van der Waals surface area contributed by atoms with Crippen LogP contribution >= 0.6 is 0 Å². The lowest BCUT2D eigenvalue weighted by Gasteiger charge is -2.18. The van der Waals surface area contributed by atoms with E-state index < -0.39 is 21.6 Å². The molecule has 0 saturated heterocycles. The average Bonchev–Trinajstić information content (AvgIpc) is 3.30. The van der Waals surface area contributed by atoms with Crippen molar-refractivity contribution in [1.29, 1.82) is 0 Å². The van der Waals surface area contributed by atoms with Gasteiger partial charge in [0.05, 0.1) is 27.6 Å². The molecule has 1 amide bonds. The van der Waals surface area contributed by atoms with Crippen molar-refractivity contribution in [2.24, 2.45) is 5.10 Å². The number of hydrogen-bond donors (Lipinski definition) is 1. The summed E-state index contributed by atoms with van der Waals surface area (Å²) in [6, 6.07) is 22.1. The highest BCUT2D eigenvalue weighted by atomic mass is 32.2. The zero-order chi connectivity index (χ0) is 23.7. The van der Waals surface area contributed by atoms with E-state index in [2.05, 4.69) is 15.6 Å². The third kappa shape index (κ3) is 4.13. The second-order valence-corrected chi connectivity index (χ2v) is 9.82. The van der Waals surface area contributed by atoms with Crippen molar-refractivity contribution in [3.8, 4) is 16.9 Å². The van der Waals surface area contributed by atoms with E-state index in [9.17, 15) is 17.6 Å². The number of fused-ring (bicyclic) bond motifs is 1. The average molecular weight is 475 g/mol. The first-order chi connectivity index (χ1) is 16.4. The van der Waals surface area contributed by atoms with Crippen LogP contribution in [0.5, 0.6) is 0 Å². The number of carbonyl (C=O) groups is 1. The maximum atomic E-state index is 13.8. The van der Waals surface area contributed by atoms with Gasteiger partial charge in [0.1, 0.15) is 11.5 Å². The molecule has 0 unspecified atom stereocenters. The molecular formula is C25H19FN4O3S. The van der Waals surface area contributed by atoms with Crippen LogP contribution in [0.4, 0.5) is 4.39 Å². The number of para-hydroxylation sites is 1. The van der Waals surface area contributed by atoms with Gasteiger partial charge in [-0.1, -0.05) is 48.5 Å². The molecule has 0 aliphatic carbocycles. The smallest absolute Gasteiger partial charge is 0.267 e. The van der Waals surface area contributed by atoms with E-state index in [1.54, 1.807) is 10.9 Å². The van der Waals surface area contributed by atoms with Crippen molar-refractivity contribution >= 4 is 21.5 Å². The van der Waals surface area contributed by atoms with Crippen LogP contribution in [-0.2, 0) is 9.84 Å². The molecule has 0 saturated carbocycles. The number of halogens is 1. The van der Waals surface area contributed by atoms with Gasteiger partial charge in [0.15, 0.2) is 9.84 Å². The Morgan fingerprint density at radius 3 is 2.44 bits per heavy atom. The zero-order valence-electron chi connectivity index (χ0n) is 17.8. The van der Waals surface area contributed by atoms with E-state index in [1.165, 1.54) is 6.07 Å². The normalized spacial score (nSPS) is 15.6. The highest BCUT2D eigenvalue weighted by Crippen LogP contribution is 2.27. The molecule has 34 heavy (non-hydrogen) atoms. The Morgan fingerprint density at radius 1 is 1.00 bits per heavy atom. The minimum absolute atomic E-state index is 0.00928. The van der Waals surface area contributed by atoms with Gasteiger partial charge in [0.2, 0.25) is 0 Å². The zero-order valence-corrected chi connectivity index (χ0v) is 18.7. The number of nitrogens with one attached hydrogen (secondary N) is 1. The Kier molecular flexibility index (Phi) is 5.54. The molecule has 170 valence electrons. The monoisotopic (exact) mass is 474 g/mol. The summed E-state index contributed by atoms with van der Waals surface area (Å²) in [5.74, 6) is -1.26. The van der Waals surface area contributed by atoms with Crippen molar-refractivity contribution in [1.82, 2.24) is 15.2 Å². The molecule has 0 bridgehead atoms. The van der Waals surface area contributed by atoms with Crippen molar-refractivity contribution in [3.63, 3.8) is 0 Å². The molecule has 3 aromatic carbocycles. The van der Waals surface area contributed by atoms with Crippen LogP contribution in [0.1, 0.15) is 22.3 Å². The topological polar surface area (TPSA) is 93.4 Å². The van der Waals surface area contributed by atoms with Gasteiger partial charge in [-0.15, -0.1) is 0 Å². The van der Waals surface area contributed by atoms with Gasteiger partial charge in [-0.25, -0.2) is 22.9 Å². The van der Waals surface area contributed by atoms with Crippen molar-refractivity contribution in [2.75, 3.05) is 5.75 Å². The number of nitrogens with zero attached hydrogens (tertiary/aromatic N) is 3. The first-order valence-corrected chi connectivity index (χ1v) is 12.2. The summed E-state index contributed by atoms with van der Waals surface area (Å²) in [6.07, 6.45) is 1.68. The second kappa shape index (κ2) is 8.68. The van der Waals surface area contributed by atoms with Crippen LogP contribution in [0.15, 0.2) is 95.1 Å². The molecular weight excluding hydrogens is 455 g/mol. The maximum Gasteiger partial charge on any atom is 0.275 e. The van der Waals surface area contributed by atoms with Crippen molar-refractivity contribution in [2.45, 2.75) is 11.3 Å². The fraction of sp³-hybridized carbons (Fsp3) is 0.0800. The fourth-order valence-electron chi connectivity index (χ4n) is 3.83. The molecule has 1 aliphatic rings.